The summed E-state index contributed by atoms with van der Waals surface area (Å²) in [6, 6.07) is 1.95. The minimum Gasteiger partial charge on any atom is -0.490 e. The summed E-state index contributed by atoms with van der Waals surface area (Å²) in [5, 5.41) is 9.45. The maximum Gasteiger partial charge on any atom is 0.128 e. The van der Waals surface area contributed by atoms with E-state index in [1.807, 2.05) is 13.0 Å². The van der Waals surface area contributed by atoms with Crippen molar-refractivity contribution >= 4 is 0 Å². The molecule has 1 aliphatic carbocycles. The molecule has 1 aromatic heterocycles. The van der Waals surface area contributed by atoms with E-state index in [9.17, 15) is 5.11 Å². The molecule has 0 amide bonds. The third kappa shape index (κ3) is 3.51. The second-order valence-corrected chi connectivity index (χ2v) is 6.57. The maximum atomic E-state index is 9.45. The van der Waals surface area contributed by atoms with E-state index in [0.29, 0.717) is 11.8 Å². The third-order valence-corrected chi connectivity index (χ3v) is 4.49. The first-order chi connectivity index (χ1) is 9.51. The molecule has 3 unspecified atom stereocenters. The van der Waals surface area contributed by atoms with E-state index >= 15 is 0 Å². The number of rotatable bonds is 4. The highest BCUT2D eigenvalue weighted by molar-refractivity contribution is 5.32. The fourth-order valence-electron chi connectivity index (χ4n) is 3.20. The number of aromatic nitrogens is 1. The molecule has 112 valence electrons. The van der Waals surface area contributed by atoms with Crippen molar-refractivity contribution in [3.05, 3.63) is 23.5 Å². The maximum absolute atomic E-state index is 9.45. The predicted molar refractivity (Wildman–Crippen MR) is 80.7 cm³/mol. The van der Waals surface area contributed by atoms with E-state index in [1.54, 1.807) is 6.20 Å². The van der Waals surface area contributed by atoms with Gasteiger partial charge in [0.2, 0.25) is 0 Å². The van der Waals surface area contributed by atoms with Gasteiger partial charge in [-0.05, 0) is 37.5 Å². The Morgan fingerprint density at radius 1 is 1.40 bits per heavy atom. The fourth-order valence-corrected chi connectivity index (χ4v) is 3.20. The van der Waals surface area contributed by atoms with Gasteiger partial charge in [0.15, 0.2) is 0 Å². The second-order valence-electron chi connectivity index (χ2n) is 6.57. The Kier molecular flexibility index (Phi) is 5.03. The van der Waals surface area contributed by atoms with Gasteiger partial charge in [-0.15, -0.1) is 0 Å². The first-order valence-corrected chi connectivity index (χ1v) is 7.74. The average Bonchev–Trinajstić information content (AvgIpc) is 2.38. The summed E-state index contributed by atoms with van der Waals surface area (Å²) in [6.45, 7) is 8.80. The van der Waals surface area contributed by atoms with Gasteiger partial charge >= 0.3 is 0 Å². The molecule has 3 nitrogen and oxygen atoms in total. The molecule has 1 fully saturated rings. The monoisotopic (exact) mass is 277 g/mol. The van der Waals surface area contributed by atoms with Crippen LogP contribution in [0.3, 0.4) is 0 Å². The number of ether oxygens (including phenoxy) is 1. The SMILES string of the molecule is Cc1cc(OC2CC(C)CCC2C(C)C)c(CO)cn1. The zero-order chi connectivity index (χ0) is 14.7. The topological polar surface area (TPSA) is 42.4 Å². The molecule has 3 atom stereocenters. The van der Waals surface area contributed by atoms with E-state index in [1.165, 1.54) is 12.8 Å². The van der Waals surface area contributed by atoms with E-state index in [0.717, 1.165) is 29.3 Å². The number of hydrogen-bond donors (Lipinski definition) is 1. The predicted octanol–water partition coefficient (Wildman–Crippen LogP) is 3.72. The largest absolute Gasteiger partial charge is 0.490 e. The van der Waals surface area contributed by atoms with Crippen LogP contribution in [0.4, 0.5) is 0 Å². The molecular formula is C17H27NO2. The smallest absolute Gasteiger partial charge is 0.128 e. The molecule has 1 aromatic rings. The third-order valence-electron chi connectivity index (χ3n) is 4.49. The normalized spacial score (nSPS) is 26.8. The van der Waals surface area contributed by atoms with Gasteiger partial charge in [-0.25, -0.2) is 0 Å². The molecule has 0 saturated heterocycles. The highest BCUT2D eigenvalue weighted by Gasteiger charge is 2.32. The zero-order valence-corrected chi connectivity index (χ0v) is 13.1. The molecule has 2 rings (SSSR count). The van der Waals surface area contributed by atoms with E-state index in [2.05, 4.69) is 25.8 Å². The van der Waals surface area contributed by atoms with Crippen molar-refractivity contribution in [2.45, 2.75) is 59.7 Å². The molecule has 3 heteroatoms. The lowest BCUT2D eigenvalue weighted by Crippen LogP contribution is -2.36. The van der Waals surface area contributed by atoms with Crippen LogP contribution in [0.25, 0.3) is 0 Å². The second kappa shape index (κ2) is 6.57. The summed E-state index contributed by atoms with van der Waals surface area (Å²) in [4.78, 5) is 4.23. The van der Waals surface area contributed by atoms with Crippen molar-refractivity contribution in [1.82, 2.24) is 4.98 Å². The van der Waals surface area contributed by atoms with Crippen molar-refractivity contribution in [2.24, 2.45) is 17.8 Å². The average molecular weight is 277 g/mol. The molecule has 1 aliphatic rings. The molecule has 0 aromatic carbocycles. The summed E-state index contributed by atoms with van der Waals surface area (Å²) in [7, 11) is 0. The molecule has 1 heterocycles. The van der Waals surface area contributed by atoms with Crippen LogP contribution in [-0.2, 0) is 6.61 Å². The van der Waals surface area contributed by atoms with Crippen molar-refractivity contribution < 1.29 is 9.84 Å². The molecule has 0 aliphatic heterocycles. The number of pyridine rings is 1. The van der Waals surface area contributed by atoms with Crippen LogP contribution >= 0.6 is 0 Å². The minimum absolute atomic E-state index is 0.0166. The number of aryl methyl sites for hydroxylation is 1. The Labute approximate surface area is 122 Å². The minimum atomic E-state index is -0.0166. The van der Waals surface area contributed by atoms with Gasteiger partial charge < -0.3 is 9.84 Å². The fraction of sp³-hybridized carbons (Fsp3) is 0.706. The lowest BCUT2D eigenvalue weighted by Gasteiger charge is -2.37. The van der Waals surface area contributed by atoms with Gasteiger partial charge in [0.1, 0.15) is 11.9 Å². The van der Waals surface area contributed by atoms with Gasteiger partial charge in [-0.3, -0.25) is 4.98 Å². The Balaban J connectivity index is 2.19. The Morgan fingerprint density at radius 2 is 2.15 bits per heavy atom. The quantitative estimate of drug-likeness (QED) is 0.912. The molecule has 1 N–H and O–H groups in total. The van der Waals surface area contributed by atoms with Crippen molar-refractivity contribution in [3.8, 4) is 5.75 Å². The van der Waals surface area contributed by atoms with Crippen molar-refractivity contribution in [1.29, 1.82) is 0 Å². The van der Waals surface area contributed by atoms with Crippen LogP contribution in [0.1, 0.15) is 51.3 Å². The van der Waals surface area contributed by atoms with Crippen LogP contribution in [0.5, 0.6) is 5.75 Å². The number of hydrogen-bond acceptors (Lipinski definition) is 3. The van der Waals surface area contributed by atoms with Crippen LogP contribution < -0.4 is 4.74 Å². The molecule has 20 heavy (non-hydrogen) atoms. The summed E-state index contributed by atoms with van der Waals surface area (Å²) >= 11 is 0. The van der Waals surface area contributed by atoms with Gasteiger partial charge in [0.05, 0.1) is 6.61 Å². The lowest BCUT2D eigenvalue weighted by atomic mass is 9.75. The van der Waals surface area contributed by atoms with Gasteiger partial charge in [0.25, 0.3) is 0 Å². The van der Waals surface area contributed by atoms with Crippen molar-refractivity contribution in [3.63, 3.8) is 0 Å². The Morgan fingerprint density at radius 3 is 2.80 bits per heavy atom. The standard InChI is InChI=1S/C17H27NO2/c1-11(2)15-6-5-12(3)7-17(15)20-16-8-13(4)18-9-14(16)10-19/h8-9,11-12,15,17,19H,5-7,10H2,1-4H3. The molecular weight excluding hydrogens is 250 g/mol. The first-order valence-electron chi connectivity index (χ1n) is 7.74. The van der Waals surface area contributed by atoms with E-state index in [4.69, 9.17) is 4.74 Å². The summed E-state index contributed by atoms with van der Waals surface area (Å²) in [5.41, 5.74) is 1.72. The van der Waals surface area contributed by atoms with Crippen LogP contribution in [-0.4, -0.2) is 16.2 Å². The summed E-state index contributed by atoms with van der Waals surface area (Å²) in [5.74, 6) is 2.76. The number of aliphatic hydroxyl groups excluding tert-OH is 1. The van der Waals surface area contributed by atoms with Gasteiger partial charge in [0, 0.05) is 23.5 Å². The first kappa shape index (κ1) is 15.3. The lowest BCUT2D eigenvalue weighted by molar-refractivity contribution is 0.0443. The van der Waals surface area contributed by atoms with Crippen LogP contribution in [0.2, 0.25) is 0 Å². The Hall–Kier alpha value is -1.09. The molecule has 1 saturated carbocycles. The summed E-state index contributed by atoms with van der Waals surface area (Å²) < 4.78 is 6.30. The Bertz CT molecular complexity index is 445. The molecule has 0 spiro atoms. The molecule has 0 radical (unpaired) electrons. The van der Waals surface area contributed by atoms with Crippen LogP contribution in [0, 0.1) is 24.7 Å². The van der Waals surface area contributed by atoms with E-state index < -0.39 is 0 Å². The molecule has 0 bridgehead atoms. The zero-order valence-electron chi connectivity index (χ0n) is 13.1. The highest BCUT2D eigenvalue weighted by Crippen LogP contribution is 2.36. The van der Waals surface area contributed by atoms with Crippen LogP contribution in [0.15, 0.2) is 12.3 Å². The highest BCUT2D eigenvalue weighted by atomic mass is 16.5. The number of aliphatic hydroxyl groups is 1. The summed E-state index contributed by atoms with van der Waals surface area (Å²) in [6.07, 6.45) is 5.62. The van der Waals surface area contributed by atoms with Gasteiger partial charge in [-0.1, -0.05) is 27.2 Å². The van der Waals surface area contributed by atoms with E-state index in [-0.39, 0.29) is 12.7 Å². The van der Waals surface area contributed by atoms with Crippen molar-refractivity contribution in [2.75, 3.05) is 0 Å². The number of nitrogens with zero attached hydrogens (tertiary/aromatic N) is 1. The van der Waals surface area contributed by atoms with Gasteiger partial charge in [-0.2, -0.15) is 0 Å².